The minimum atomic E-state index is -3.91. The van der Waals surface area contributed by atoms with E-state index in [1.807, 2.05) is 0 Å². The van der Waals surface area contributed by atoms with Gasteiger partial charge in [-0.2, -0.15) is 0 Å². The van der Waals surface area contributed by atoms with E-state index in [9.17, 15) is 18.0 Å². The van der Waals surface area contributed by atoms with Gasteiger partial charge >= 0.3 is 12.0 Å². The van der Waals surface area contributed by atoms with Crippen LogP contribution in [-0.4, -0.2) is 50.1 Å². The maximum Gasteiger partial charge on any atom is 0.321 e. The molecule has 1 heterocycles. The number of amides is 2. The number of nitrogens with one attached hydrogen (secondary N) is 2. The van der Waals surface area contributed by atoms with Crippen LogP contribution in [0.4, 0.5) is 16.2 Å². The lowest BCUT2D eigenvalue weighted by Gasteiger charge is -2.19. The van der Waals surface area contributed by atoms with E-state index in [0.717, 1.165) is 12.8 Å². The van der Waals surface area contributed by atoms with Crippen LogP contribution < -0.4 is 14.8 Å². The number of para-hydroxylation sites is 2. The SMILES string of the molecule is Cc1cc(S(=O)(=O)Nc2ccccc2NC(=O)N2CCCC2)ccc1OCCCC(=O)O. The van der Waals surface area contributed by atoms with E-state index in [0.29, 0.717) is 36.5 Å². The number of hydrogen-bond acceptors (Lipinski definition) is 5. The van der Waals surface area contributed by atoms with Crippen molar-refractivity contribution in [2.75, 3.05) is 29.7 Å². The lowest BCUT2D eigenvalue weighted by molar-refractivity contribution is -0.137. The van der Waals surface area contributed by atoms with E-state index >= 15 is 0 Å². The Morgan fingerprint density at radius 1 is 1.09 bits per heavy atom. The topological polar surface area (TPSA) is 125 Å². The number of benzene rings is 2. The van der Waals surface area contributed by atoms with Gasteiger partial charge in [-0.05, 0) is 62.1 Å². The monoisotopic (exact) mass is 461 g/mol. The third kappa shape index (κ3) is 6.13. The highest BCUT2D eigenvalue weighted by Gasteiger charge is 2.21. The highest BCUT2D eigenvalue weighted by atomic mass is 32.2. The highest BCUT2D eigenvalue weighted by Crippen LogP contribution is 2.27. The largest absolute Gasteiger partial charge is 0.493 e. The first-order valence-corrected chi connectivity index (χ1v) is 11.9. The van der Waals surface area contributed by atoms with Crippen LogP contribution >= 0.6 is 0 Å². The van der Waals surface area contributed by atoms with Gasteiger partial charge < -0.3 is 20.1 Å². The molecular weight excluding hydrogens is 434 g/mol. The average molecular weight is 462 g/mol. The molecule has 1 aliphatic rings. The van der Waals surface area contributed by atoms with Crippen LogP contribution in [0, 0.1) is 6.92 Å². The first kappa shape index (κ1) is 23.4. The predicted molar refractivity (Wildman–Crippen MR) is 121 cm³/mol. The van der Waals surface area contributed by atoms with E-state index in [2.05, 4.69) is 10.0 Å². The van der Waals surface area contributed by atoms with Gasteiger partial charge in [-0.15, -0.1) is 0 Å². The van der Waals surface area contributed by atoms with E-state index in [1.54, 1.807) is 42.2 Å². The van der Waals surface area contributed by atoms with Crippen molar-refractivity contribution < 1.29 is 27.9 Å². The molecule has 1 saturated heterocycles. The number of hydrogen-bond donors (Lipinski definition) is 3. The zero-order chi connectivity index (χ0) is 23.1. The Hall–Kier alpha value is -3.27. The number of carbonyl (C=O) groups excluding carboxylic acids is 1. The van der Waals surface area contributed by atoms with Gasteiger partial charge in [-0.25, -0.2) is 13.2 Å². The van der Waals surface area contributed by atoms with Gasteiger partial charge in [0.2, 0.25) is 0 Å². The molecule has 0 atom stereocenters. The van der Waals surface area contributed by atoms with E-state index in [-0.39, 0.29) is 29.6 Å². The van der Waals surface area contributed by atoms with Crippen molar-refractivity contribution in [3.8, 4) is 5.75 Å². The normalized spacial score (nSPS) is 13.6. The quantitative estimate of drug-likeness (QED) is 0.490. The molecule has 0 unspecified atom stereocenters. The first-order valence-electron chi connectivity index (χ1n) is 10.4. The summed E-state index contributed by atoms with van der Waals surface area (Å²) in [5.41, 5.74) is 1.26. The van der Waals surface area contributed by atoms with Crippen molar-refractivity contribution in [3.05, 3.63) is 48.0 Å². The van der Waals surface area contributed by atoms with Gasteiger partial charge in [-0.3, -0.25) is 9.52 Å². The van der Waals surface area contributed by atoms with Gasteiger partial charge in [-0.1, -0.05) is 12.1 Å². The molecule has 3 rings (SSSR count). The molecule has 32 heavy (non-hydrogen) atoms. The van der Waals surface area contributed by atoms with Crippen LogP contribution in [-0.2, 0) is 14.8 Å². The van der Waals surface area contributed by atoms with Crippen molar-refractivity contribution in [2.24, 2.45) is 0 Å². The smallest absolute Gasteiger partial charge is 0.321 e. The maximum atomic E-state index is 13.0. The summed E-state index contributed by atoms with van der Waals surface area (Å²) in [4.78, 5) is 24.7. The van der Waals surface area contributed by atoms with Crippen molar-refractivity contribution in [1.82, 2.24) is 4.90 Å². The molecule has 9 nitrogen and oxygen atoms in total. The summed E-state index contributed by atoms with van der Waals surface area (Å²) in [6.07, 6.45) is 2.28. The summed E-state index contributed by atoms with van der Waals surface area (Å²) < 4.78 is 34.0. The average Bonchev–Trinajstić information content (AvgIpc) is 3.28. The number of ether oxygens (including phenoxy) is 1. The van der Waals surface area contributed by atoms with Crippen molar-refractivity contribution in [3.63, 3.8) is 0 Å². The standard InChI is InChI=1S/C22H27N3O6S/c1-16-15-17(10-11-20(16)31-14-6-9-21(26)27)32(29,30)24-19-8-3-2-7-18(19)23-22(28)25-12-4-5-13-25/h2-3,7-8,10-11,15,24H,4-6,9,12-14H2,1H3,(H,23,28)(H,26,27). The van der Waals surface area contributed by atoms with Crippen LogP contribution in [0.5, 0.6) is 5.75 Å². The number of urea groups is 1. The van der Waals surface area contributed by atoms with Crippen LogP contribution in [0.15, 0.2) is 47.4 Å². The third-order valence-corrected chi connectivity index (χ3v) is 6.42. The number of rotatable bonds is 9. The lowest BCUT2D eigenvalue weighted by atomic mass is 10.2. The molecule has 3 N–H and O–H groups in total. The van der Waals surface area contributed by atoms with Crippen molar-refractivity contribution in [2.45, 2.75) is 37.5 Å². The predicted octanol–water partition coefficient (Wildman–Crippen LogP) is 3.67. The van der Waals surface area contributed by atoms with Gasteiger partial charge in [0, 0.05) is 19.5 Å². The zero-order valence-corrected chi connectivity index (χ0v) is 18.7. The molecule has 0 radical (unpaired) electrons. The molecule has 2 aromatic carbocycles. The lowest BCUT2D eigenvalue weighted by Crippen LogP contribution is -2.32. The van der Waals surface area contributed by atoms with Gasteiger partial charge in [0.1, 0.15) is 5.75 Å². The summed E-state index contributed by atoms with van der Waals surface area (Å²) >= 11 is 0. The number of anilines is 2. The molecule has 172 valence electrons. The molecule has 2 amide bonds. The summed E-state index contributed by atoms with van der Waals surface area (Å²) in [5.74, 6) is -0.401. The Kier molecular flexibility index (Phi) is 7.57. The fourth-order valence-electron chi connectivity index (χ4n) is 3.36. The summed E-state index contributed by atoms with van der Waals surface area (Å²) in [7, 11) is -3.91. The first-order chi connectivity index (χ1) is 15.3. The number of sulfonamides is 1. The molecular formula is C22H27N3O6S. The second-order valence-corrected chi connectivity index (χ2v) is 9.23. The molecule has 1 fully saturated rings. The summed E-state index contributed by atoms with van der Waals surface area (Å²) in [5, 5.41) is 11.5. The van der Waals surface area contributed by atoms with Crippen molar-refractivity contribution in [1.29, 1.82) is 0 Å². The third-order valence-electron chi connectivity index (χ3n) is 5.06. The number of carbonyl (C=O) groups is 2. The van der Waals surface area contributed by atoms with E-state index in [1.165, 1.54) is 12.1 Å². The second kappa shape index (κ2) is 10.4. The number of aryl methyl sites for hydroxylation is 1. The molecule has 1 aliphatic heterocycles. The van der Waals surface area contributed by atoms with Gasteiger partial charge in [0.25, 0.3) is 10.0 Å². The Balaban J connectivity index is 1.70. The number of aliphatic carboxylic acids is 1. The Morgan fingerprint density at radius 3 is 2.44 bits per heavy atom. The van der Waals surface area contributed by atoms with Crippen LogP contribution in [0.3, 0.4) is 0 Å². The van der Waals surface area contributed by atoms with E-state index in [4.69, 9.17) is 9.84 Å². The number of likely N-dealkylation sites (tertiary alicyclic amines) is 1. The number of nitrogens with zero attached hydrogens (tertiary/aromatic N) is 1. The Morgan fingerprint density at radius 2 is 1.78 bits per heavy atom. The summed E-state index contributed by atoms with van der Waals surface area (Å²) in [6, 6.07) is 10.8. The molecule has 0 bridgehead atoms. The molecule has 0 aliphatic carbocycles. The molecule has 2 aromatic rings. The van der Waals surface area contributed by atoms with Crippen molar-refractivity contribution >= 4 is 33.4 Å². The number of carboxylic acids is 1. The molecule has 10 heteroatoms. The highest BCUT2D eigenvalue weighted by molar-refractivity contribution is 7.92. The minimum Gasteiger partial charge on any atom is -0.493 e. The Bertz CT molecular complexity index is 1080. The second-order valence-electron chi connectivity index (χ2n) is 7.55. The van der Waals surface area contributed by atoms with Crippen LogP contribution in [0.1, 0.15) is 31.2 Å². The van der Waals surface area contributed by atoms with Crippen LogP contribution in [0.2, 0.25) is 0 Å². The molecule has 0 saturated carbocycles. The van der Waals surface area contributed by atoms with Gasteiger partial charge in [0.05, 0.1) is 22.9 Å². The molecule has 0 aromatic heterocycles. The maximum absolute atomic E-state index is 13.0. The van der Waals surface area contributed by atoms with Gasteiger partial charge in [0.15, 0.2) is 0 Å². The number of carboxylic acid groups (broad SMARTS) is 1. The van der Waals surface area contributed by atoms with Crippen LogP contribution in [0.25, 0.3) is 0 Å². The fraction of sp³-hybridized carbons (Fsp3) is 0.364. The Labute approximate surface area is 187 Å². The zero-order valence-electron chi connectivity index (χ0n) is 17.8. The van der Waals surface area contributed by atoms with E-state index < -0.39 is 16.0 Å². The summed E-state index contributed by atoms with van der Waals surface area (Å²) in [6.45, 7) is 3.31. The molecule has 0 spiro atoms. The minimum absolute atomic E-state index is 0.00311. The fourth-order valence-corrected chi connectivity index (χ4v) is 4.52.